The number of hydrogen-bond donors (Lipinski definition) is 1. The highest BCUT2D eigenvalue weighted by molar-refractivity contribution is 5.92. The Morgan fingerprint density at radius 2 is 1.71 bits per heavy atom. The van der Waals surface area contributed by atoms with Crippen molar-refractivity contribution in [2.75, 3.05) is 6.61 Å². The van der Waals surface area contributed by atoms with Crippen molar-refractivity contribution in [3.8, 4) is 17.6 Å². The molecule has 0 amide bonds. The van der Waals surface area contributed by atoms with E-state index in [1.54, 1.807) is 19.1 Å². The van der Waals surface area contributed by atoms with Gasteiger partial charge in [0.2, 0.25) is 0 Å². The summed E-state index contributed by atoms with van der Waals surface area (Å²) in [5, 5.41) is 9.42. The molecule has 0 saturated carbocycles. The van der Waals surface area contributed by atoms with E-state index in [-0.39, 0.29) is 23.5 Å². The number of phenols is 1. The van der Waals surface area contributed by atoms with E-state index in [1.165, 1.54) is 18.2 Å². The second-order valence-corrected chi connectivity index (χ2v) is 8.12. The van der Waals surface area contributed by atoms with E-state index >= 15 is 0 Å². The van der Waals surface area contributed by atoms with Crippen molar-refractivity contribution in [2.45, 2.75) is 52.6 Å². The lowest BCUT2D eigenvalue weighted by atomic mass is 9.96. The van der Waals surface area contributed by atoms with Gasteiger partial charge in [-0.3, -0.25) is 4.79 Å². The van der Waals surface area contributed by atoms with Gasteiger partial charge in [-0.05, 0) is 61.2 Å². The number of halogens is 3. The van der Waals surface area contributed by atoms with E-state index in [0.29, 0.717) is 29.5 Å². The van der Waals surface area contributed by atoms with Crippen LogP contribution in [0.2, 0.25) is 0 Å². The molecule has 0 aliphatic heterocycles. The normalized spacial score (nSPS) is 11.4. The third-order valence-electron chi connectivity index (χ3n) is 5.62. The molecule has 7 heteroatoms. The van der Waals surface area contributed by atoms with Crippen molar-refractivity contribution in [2.24, 2.45) is 5.92 Å². The zero-order chi connectivity index (χ0) is 26.0. The molecule has 186 valence electrons. The molecule has 0 unspecified atom stereocenters. The Bertz CT molecular complexity index is 1130. The minimum absolute atomic E-state index is 0.143. The third-order valence-corrected chi connectivity index (χ3v) is 5.62. The lowest BCUT2D eigenvalue weighted by Gasteiger charge is -2.11. The molecule has 2 rings (SSSR count). The van der Waals surface area contributed by atoms with E-state index in [0.717, 1.165) is 31.4 Å². The van der Waals surface area contributed by atoms with Crippen LogP contribution in [0.3, 0.4) is 0 Å². The fourth-order valence-corrected chi connectivity index (χ4v) is 3.50. The molecule has 0 saturated heterocycles. The lowest BCUT2D eigenvalue weighted by Crippen LogP contribution is -2.15. The van der Waals surface area contributed by atoms with E-state index in [9.17, 15) is 27.9 Å². The van der Waals surface area contributed by atoms with Crippen molar-refractivity contribution >= 4 is 17.8 Å². The van der Waals surface area contributed by atoms with Gasteiger partial charge in [-0.25, -0.2) is 4.79 Å². The van der Waals surface area contributed by atoms with Crippen LogP contribution in [0.1, 0.15) is 79.1 Å². The van der Waals surface area contributed by atoms with Gasteiger partial charge >= 0.3 is 12.1 Å². The van der Waals surface area contributed by atoms with Crippen LogP contribution in [-0.4, -0.2) is 23.5 Å². The van der Waals surface area contributed by atoms with Gasteiger partial charge in [0.05, 0.1) is 11.1 Å². The summed E-state index contributed by atoms with van der Waals surface area (Å²) in [5.74, 6) is 4.38. The summed E-state index contributed by atoms with van der Waals surface area (Å²) in [7, 11) is 0. The minimum Gasteiger partial charge on any atom is -0.508 e. The smallest absolute Gasteiger partial charge is 0.417 e. The first kappa shape index (κ1) is 27.7. The first-order chi connectivity index (χ1) is 16.6. The number of allylic oxidation sites excluding steroid dienone is 1. The Hall–Kier alpha value is -3.53. The second-order valence-electron chi connectivity index (χ2n) is 8.12. The van der Waals surface area contributed by atoms with Crippen LogP contribution in [0.25, 0.3) is 6.08 Å². The van der Waals surface area contributed by atoms with E-state index in [2.05, 4.69) is 25.7 Å². The number of benzene rings is 2. The number of ether oxygens (including phenoxy) is 1. The molecule has 0 aromatic heterocycles. The number of Topliss-reactive ketones (excluding diaryl/α,β-unsaturated/α-hetero) is 1. The van der Waals surface area contributed by atoms with Gasteiger partial charge in [0.15, 0.2) is 5.78 Å². The van der Waals surface area contributed by atoms with Crippen molar-refractivity contribution in [1.29, 1.82) is 0 Å². The van der Waals surface area contributed by atoms with Crippen LogP contribution < -0.4 is 0 Å². The Morgan fingerprint density at radius 3 is 2.34 bits per heavy atom. The number of ketones is 1. The van der Waals surface area contributed by atoms with Crippen molar-refractivity contribution < 1.29 is 32.6 Å². The van der Waals surface area contributed by atoms with Gasteiger partial charge in [0.25, 0.3) is 0 Å². The molecule has 0 aliphatic rings. The highest BCUT2D eigenvalue weighted by Gasteiger charge is 2.33. The number of esters is 1. The highest BCUT2D eigenvalue weighted by atomic mass is 19.4. The minimum atomic E-state index is -4.67. The predicted octanol–water partition coefficient (Wildman–Crippen LogP) is 6.79. The van der Waals surface area contributed by atoms with Crippen LogP contribution in [0.5, 0.6) is 5.75 Å². The Kier molecular flexibility index (Phi) is 10.1. The summed E-state index contributed by atoms with van der Waals surface area (Å²) < 4.78 is 45.0. The van der Waals surface area contributed by atoms with Crippen molar-refractivity contribution in [3.63, 3.8) is 0 Å². The first-order valence-corrected chi connectivity index (χ1v) is 11.5. The number of rotatable bonds is 9. The van der Waals surface area contributed by atoms with Gasteiger partial charge in [0, 0.05) is 17.5 Å². The van der Waals surface area contributed by atoms with E-state index in [4.69, 9.17) is 4.74 Å². The quantitative estimate of drug-likeness (QED) is 0.313. The molecule has 0 atom stereocenters. The fraction of sp³-hybridized carbons (Fsp3) is 0.357. The maximum atomic E-state index is 13.3. The molecule has 4 nitrogen and oxygen atoms in total. The van der Waals surface area contributed by atoms with Crippen LogP contribution in [0.4, 0.5) is 13.2 Å². The number of hydrogen-bond acceptors (Lipinski definition) is 4. The molecule has 2 aromatic carbocycles. The largest absolute Gasteiger partial charge is 0.508 e. The molecule has 1 N–H and O–H groups in total. The van der Waals surface area contributed by atoms with Crippen LogP contribution in [0.15, 0.2) is 42.5 Å². The van der Waals surface area contributed by atoms with E-state index < -0.39 is 23.5 Å². The summed E-state index contributed by atoms with van der Waals surface area (Å²) in [6.45, 7) is 5.60. The highest BCUT2D eigenvalue weighted by Crippen LogP contribution is 2.33. The molecule has 0 aliphatic carbocycles. The Labute approximate surface area is 203 Å². The summed E-state index contributed by atoms with van der Waals surface area (Å²) >= 11 is 0. The molecular formula is C28H29F3O4. The topological polar surface area (TPSA) is 63.6 Å². The average Bonchev–Trinajstić information content (AvgIpc) is 2.82. The molecule has 0 spiro atoms. The third kappa shape index (κ3) is 8.32. The molecule has 0 radical (unpaired) electrons. The first-order valence-electron chi connectivity index (χ1n) is 11.5. The van der Waals surface area contributed by atoms with Crippen LogP contribution in [-0.2, 0) is 15.7 Å². The molecular weight excluding hydrogens is 457 g/mol. The summed E-state index contributed by atoms with van der Waals surface area (Å²) in [5.41, 5.74) is -0.190. The van der Waals surface area contributed by atoms with Crippen molar-refractivity contribution in [3.05, 3.63) is 70.3 Å². The lowest BCUT2D eigenvalue weighted by molar-refractivity contribution is -0.137. The van der Waals surface area contributed by atoms with Crippen molar-refractivity contribution in [1.82, 2.24) is 0 Å². The molecule has 0 bridgehead atoms. The van der Waals surface area contributed by atoms with E-state index in [1.807, 2.05) is 0 Å². The SMILES string of the molecule is C/C=C/c1cc(C(=O)OCC(=O)CCC(CC)CC)ccc1C#Cc1ccc(O)cc1C(F)(F)F. The Balaban J connectivity index is 2.19. The number of aromatic hydroxyl groups is 1. The zero-order valence-electron chi connectivity index (χ0n) is 20.0. The second kappa shape index (κ2) is 12.8. The van der Waals surface area contributed by atoms with Gasteiger partial charge in [-0.2, -0.15) is 13.2 Å². The van der Waals surface area contributed by atoms with Crippen LogP contribution >= 0.6 is 0 Å². The van der Waals surface area contributed by atoms with Crippen LogP contribution in [0, 0.1) is 17.8 Å². The molecule has 0 fully saturated rings. The molecule has 2 aromatic rings. The summed E-state index contributed by atoms with van der Waals surface area (Å²) in [6, 6.07) is 7.35. The fourth-order valence-electron chi connectivity index (χ4n) is 3.50. The molecule has 0 heterocycles. The monoisotopic (exact) mass is 486 g/mol. The zero-order valence-corrected chi connectivity index (χ0v) is 20.0. The standard InChI is InChI=1S/C28H29F3O4/c1-4-7-22-16-23(27(34)35-18-25(33)14-8-19(5-2)6-3)12-10-20(22)9-11-21-13-15-24(32)17-26(21)28(29,30)31/h4,7,10,12-13,15-17,19,32H,5-6,8,14,18H2,1-3H3/b7-4+. The maximum absolute atomic E-state index is 13.3. The van der Waals surface area contributed by atoms with Gasteiger partial charge in [-0.15, -0.1) is 0 Å². The predicted molar refractivity (Wildman–Crippen MR) is 129 cm³/mol. The average molecular weight is 487 g/mol. The summed E-state index contributed by atoms with van der Waals surface area (Å²) in [4.78, 5) is 24.5. The van der Waals surface area contributed by atoms with Gasteiger partial charge < -0.3 is 9.84 Å². The van der Waals surface area contributed by atoms with Gasteiger partial charge in [-0.1, -0.05) is 50.7 Å². The number of phenolic OH excluding ortho intramolecular Hbond substituents is 1. The number of carbonyl (C=O) groups excluding carboxylic acids is 2. The number of carbonyl (C=O) groups is 2. The van der Waals surface area contributed by atoms with Gasteiger partial charge in [0.1, 0.15) is 12.4 Å². The number of alkyl halides is 3. The Morgan fingerprint density at radius 1 is 1.06 bits per heavy atom. The molecule has 35 heavy (non-hydrogen) atoms. The summed E-state index contributed by atoms with van der Waals surface area (Å²) in [6.07, 6.45) is 1.82. The maximum Gasteiger partial charge on any atom is 0.417 e.